The van der Waals surface area contributed by atoms with Crippen LogP contribution in [0.3, 0.4) is 0 Å². The van der Waals surface area contributed by atoms with Gasteiger partial charge in [-0.2, -0.15) is 0 Å². The zero-order chi connectivity index (χ0) is 13.4. The van der Waals surface area contributed by atoms with Gasteiger partial charge in [-0.15, -0.1) is 0 Å². The van der Waals surface area contributed by atoms with Crippen LogP contribution in [-0.4, -0.2) is 37.5 Å². The van der Waals surface area contributed by atoms with Gasteiger partial charge in [0.15, 0.2) is 0 Å². The smallest absolute Gasteiger partial charge is 0.0804 e. The average Bonchev–Trinajstić information content (AvgIpc) is 2.39. The summed E-state index contributed by atoms with van der Waals surface area (Å²) >= 11 is 0. The van der Waals surface area contributed by atoms with Gasteiger partial charge < -0.3 is 14.7 Å². The van der Waals surface area contributed by atoms with Crippen LogP contribution in [0.5, 0.6) is 0 Å². The first kappa shape index (κ1) is 15.0. The topological polar surface area (TPSA) is 32.7 Å². The molecule has 0 aromatic heterocycles. The zero-order valence-corrected chi connectivity index (χ0v) is 11.7. The molecule has 18 heavy (non-hydrogen) atoms. The summed E-state index contributed by atoms with van der Waals surface area (Å²) in [6.07, 6.45) is 0.828. The summed E-state index contributed by atoms with van der Waals surface area (Å²) in [7, 11) is 0. The third-order valence-corrected chi connectivity index (χ3v) is 3.12. The number of aliphatic hydroxyl groups is 1. The van der Waals surface area contributed by atoms with E-state index < -0.39 is 0 Å². The monoisotopic (exact) mass is 251 g/mol. The molecule has 0 bridgehead atoms. The number of nitrogens with zero attached hydrogens (tertiary/aromatic N) is 1. The molecule has 0 saturated carbocycles. The minimum atomic E-state index is -0.0267. The number of likely N-dealkylation sites (N-methyl/N-ethyl adjacent to an activating group) is 1. The van der Waals surface area contributed by atoms with Gasteiger partial charge in [0.05, 0.1) is 19.3 Å². The van der Waals surface area contributed by atoms with Gasteiger partial charge in [0.2, 0.25) is 0 Å². The number of hydrogen-bond donors (Lipinski definition) is 1. The number of ether oxygens (including phenoxy) is 1. The third kappa shape index (κ3) is 4.67. The summed E-state index contributed by atoms with van der Waals surface area (Å²) in [5, 5.41) is 9.06. The summed E-state index contributed by atoms with van der Waals surface area (Å²) < 4.78 is 5.63. The Morgan fingerprint density at radius 1 is 1.33 bits per heavy atom. The molecular weight excluding hydrogens is 226 g/mol. The molecule has 0 fully saturated rings. The van der Waals surface area contributed by atoms with E-state index in [1.54, 1.807) is 0 Å². The zero-order valence-electron chi connectivity index (χ0n) is 11.7. The van der Waals surface area contributed by atoms with Gasteiger partial charge >= 0.3 is 0 Å². The van der Waals surface area contributed by atoms with Gasteiger partial charge in [0.25, 0.3) is 0 Å². The van der Waals surface area contributed by atoms with Crippen molar-refractivity contribution in [1.29, 1.82) is 0 Å². The van der Waals surface area contributed by atoms with Crippen LogP contribution < -0.4 is 4.90 Å². The molecule has 3 nitrogen and oxygen atoms in total. The van der Waals surface area contributed by atoms with Crippen molar-refractivity contribution < 1.29 is 9.84 Å². The summed E-state index contributed by atoms with van der Waals surface area (Å²) in [5.74, 6) is 0. The van der Waals surface area contributed by atoms with Crippen LogP contribution in [0, 0.1) is 6.92 Å². The molecule has 0 aliphatic carbocycles. The maximum absolute atomic E-state index is 9.06. The van der Waals surface area contributed by atoms with Crippen LogP contribution in [0.15, 0.2) is 24.3 Å². The molecule has 0 radical (unpaired) electrons. The Morgan fingerprint density at radius 3 is 2.67 bits per heavy atom. The van der Waals surface area contributed by atoms with Gasteiger partial charge in [-0.25, -0.2) is 0 Å². The fraction of sp³-hybridized carbons (Fsp3) is 0.600. The van der Waals surface area contributed by atoms with Crippen LogP contribution in [-0.2, 0) is 4.74 Å². The number of benzene rings is 1. The summed E-state index contributed by atoms with van der Waals surface area (Å²) in [5.41, 5.74) is 2.51. The molecular formula is C15H25NO2. The molecule has 102 valence electrons. The van der Waals surface area contributed by atoms with Crippen molar-refractivity contribution in [2.75, 3.05) is 31.2 Å². The van der Waals surface area contributed by atoms with E-state index in [0.29, 0.717) is 6.61 Å². The molecule has 0 aliphatic heterocycles. The lowest BCUT2D eigenvalue weighted by atomic mass is 10.2. The molecule has 1 atom stereocenters. The van der Waals surface area contributed by atoms with Crippen molar-refractivity contribution in [3.05, 3.63) is 29.8 Å². The maximum Gasteiger partial charge on any atom is 0.0804 e. The van der Waals surface area contributed by atoms with Crippen molar-refractivity contribution in [2.24, 2.45) is 0 Å². The van der Waals surface area contributed by atoms with E-state index in [4.69, 9.17) is 9.84 Å². The fourth-order valence-electron chi connectivity index (χ4n) is 1.92. The van der Waals surface area contributed by atoms with E-state index in [2.05, 4.69) is 43.0 Å². The molecule has 0 heterocycles. The third-order valence-electron chi connectivity index (χ3n) is 3.12. The number of rotatable bonds is 8. The summed E-state index contributed by atoms with van der Waals surface area (Å²) in [4.78, 5) is 2.29. The van der Waals surface area contributed by atoms with Crippen LogP contribution in [0.4, 0.5) is 5.69 Å². The van der Waals surface area contributed by atoms with Crippen molar-refractivity contribution >= 4 is 5.69 Å². The highest BCUT2D eigenvalue weighted by Crippen LogP contribution is 2.15. The standard InChI is InChI=1S/C15H25NO2/c1-4-15(12-17)18-10-9-16(5-2)14-8-6-7-13(3)11-14/h6-8,11,15,17H,4-5,9-10,12H2,1-3H3. The van der Waals surface area contributed by atoms with E-state index in [1.807, 2.05) is 6.92 Å². The minimum absolute atomic E-state index is 0.0267. The molecule has 0 amide bonds. The molecule has 1 rings (SSSR count). The van der Waals surface area contributed by atoms with Gasteiger partial charge in [-0.3, -0.25) is 0 Å². The van der Waals surface area contributed by atoms with E-state index in [9.17, 15) is 0 Å². The number of anilines is 1. The van der Waals surface area contributed by atoms with Gasteiger partial charge in [0.1, 0.15) is 0 Å². The van der Waals surface area contributed by atoms with Crippen LogP contribution in [0.2, 0.25) is 0 Å². The van der Waals surface area contributed by atoms with Crippen molar-refractivity contribution in [3.8, 4) is 0 Å². The summed E-state index contributed by atoms with van der Waals surface area (Å²) in [6, 6.07) is 8.50. The second-order valence-electron chi connectivity index (χ2n) is 4.50. The lowest BCUT2D eigenvalue weighted by Crippen LogP contribution is -2.29. The SMILES string of the molecule is CCC(CO)OCCN(CC)c1cccc(C)c1. The van der Waals surface area contributed by atoms with Crippen molar-refractivity contribution in [3.63, 3.8) is 0 Å². The van der Waals surface area contributed by atoms with Gasteiger partial charge in [-0.05, 0) is 38.0 Å². The summed E-state index contributed by atoms with van der Waals surface area (Å²) in [6.45, 7) is 8.85. The number of aliphatic hydroxyl groups excluding tert-OH is 1. The van der Waals surface area contributed by atoms with Crippen LogP contribution in [0.25, 0.3) is 0 Å². The number of hydrogen-bond acceptors (Lipinski definition) is 3. The first-order valence-electron chi connectivity index (χ1n) is 6.75. The van der Waals surface area contributed by atoms with Crippen LogP contribution >= 0.6 is 0 Å². The molecule has 3 heteroatoms. The molecule has 0 spiro atoms. The minimum Gasteiger partial charge on any atom is -0.394 e. The molecule has 1 N–H and O–H groups in total. The Kier molecular flexibility index (Phi) is 6.76. The molecule has 1 aromatic carbocycles. The van der Waals surface area contributed by atoms with E-state index in [0.717, 1.165) is 19.5 Å². The first-order valence-corrected chi connectivity index (χ1v) is 6.75. The van der Waals surface area contributed by atoms with Crippen molar-refractivity contribution in [2.45, 2.75) is 33.3 Å². The molecule has 1 unspecified atom stereocenters. The van der Waals surface area contributed by atoms with E-state index >= 15 is 0 Å². The Labute approximate surface area is 110 Å². The Hall–Kier alpha value is -1.06. The van der Waals surface area contributed by atoms with Crippen molar-refractivity contribution in [1.82, 2.24) is 0 Å². The Morgan fingerprint density at radius 2 is 2.11 bits per heavy atom. The largest absolute Gasteiger partial charge is 0.394 e. The normalized spacial score (nSPS) is 12.4. The highest BCUT2D eigenvalue weighted by molar-refractivity contribution is 5.48. The average molecular weight is 251 g/mol. The predicted molar refractivity (Wildman–Crippen MR) is 76.2 cm³/mol. The first-order chi connectivity index (χ1) is 8.71. The highest BCUT2D eigenvalue weighted by atomic mass is 16.5. The molecule has 0 saturated heterocycles. The molecule has 0 aliphatic rings. The Balaban J connectivity index is 2.47. The highest BCUT2D eigenvalue weighted by Gasteiger charge is 2.07. The maximum atomic E-state index is 9.06. The second-order valence-corrected chi connectivity index (χ2v) is 4.50. The Bertz CT molecular complexity index is 337. The van der Waals surface area contributed by atoms with E-state index in [1.165, 1.54) is 11.3 Å². The van der Waals surface area contributed by atoms with Gasteiger partial charge in [0, 0.05) is 18.8 Å². The fourth-order valence-corrected chi connectivity index (χ4v) is 1.92. The predicted octanol–water partition coefficient (Wildman–Crippen LogP) is 2.61. The quantitative estimate of drug-likeness (QED) is 0.771. The lowest BCUT2D eigenvalue weighted by molar-refractivity contribution is 0.0147. The van der Waals surface area contributed by atoms with Gasteiger partial charge in [-0.1, -0.05) is 19.1 Å². The lowest BCUT2D eigenvalue weighted by Gasteiger charge is -2.24. The van der Waals surface area contributed by atoms with Crippen LogP contribution in [0.1, 0.15) is 25.8 Å². The van der Waals surface area contributed by atoms with E-state index in [-0.39, 0.29) is 12.7 Å². The molecule has 1 aromatic rings. The second kappa shape index (κ2) is 8.11. The number of aryl methyl sites for hydroxylation is 1.